The number of carbonyl (C=O) groups is 1. The summed E-state index contributed by atoms with van der Waals surface area (Å²) in [5.41, 5.74) is 3.17. The van der Waals surface area contributed by atoms with E-state index in [1.165, 1.54) is 4.80 Å². The van der Waals surface area contributed by atoms with Crippen LogP contribution in [0, 0.1) is 0 Å². The Kier molecular flexibility index (Phi) is 4.68. The quantitative estimate of drug-likeness (QED) is 0.526. The van der Waals surface area contributed by atoms with Crippen molar-refractivity contribution in [3.63, 3.8) is 0 Å². The molecule has 1 aliphatic heterocycles. The molecule has 8 nitrogen and oxygen atoms in total. The van der Waals surface area contributed by atoms with Gasteiger partial charge in [0.2, 0.25) is 5.82 Å². The Morgan fingerprint density at radius 2 is 1.90 bits per heavy atom. The van der Waals surface area contributed by atoms with Crippen LogP contribution in [0.3, 0.4) is 0 Å². The molecule has 0 radical (unpaired) electrons. The average Bonchev–Trinajstić information content (AvgIpc) is 3.25. The minimum Gasteiger partial charge on any atom is -0.366 e. The van der Waals surface area contributed by atoms with Gasteiger partial charge in [0, 0.05) is 17.5 Å². The number of aryl methyl sites for hydroxylation is 1. The lowest BCUT2D eigenvalue weighted by atomic mass is 10.0. The third-order valence-corrected chi connectivity index (χ3v) is 5.18. The first-order valence-electron chi connectivity index (χ1n) is 9.79. The predicted molar refractivity (Wildman–Crippen MR) is 111 cm³/mol. The molecule has 1 aliphatic rings. The lowest BCUT2D eigenvalue weighted by Gasteiger charge is -2.31. The molecule has 150 valence electrons. The molecule has 0 N–H and O–H groups in total. The molecule has 1 unspecified atom stereocenters. The van der Waals surface area contributed by atoms with Gasteiger partial charge in [0.25, 0.3) is 5.91 Å². The summed E-state index contributed by atoms with van der Waals surface area (Å²) >= 11 is 0. The van der Waals surface area contributed by atoms with E-state index in [9.17, 15) is 4.79 Å². The third-order valence-electron chi connectivity index (χ3n) is 5.18. The van der Waals surface area contributed by atoms with Gasteiger partial charge < -0.3 is 9.64 Å². The number of fused-ring (bicyclic) bond motifs is 1. The van der Waals surface area contributed by atoms with E-state index in [1.54, 1.807) is 11.9 Å². The lowest BCUT2D eigenvalue weighted by Crippen LogP contribution is -2.42. The van der Waals surface area contributed by atoms with Crippen molar-refractivity contribution in [2.45, 2.75) is 6.10 Å². The Bertz CT molecular complexity index is 1210. The van der Waals surface area contributed by atoms with Crippen LogP contribution in [-0.2, 0) is 11.8 Å². The molecular formula is C22H20N6O2. The number of amides is 1. The molecule has 0 spiro atoms. The first-order chi connectivity index (χ1) is 14.7. The monoisotopic (exact) mass is 400 g/mol. The number of hydrogen-bond donors (Lipinski definition) is 0. The maximum atomic E-state index is 13.6. The highest BCUT2D eigenvalue weighted by molar-refractivity contribution is 6.07. The summed E-state index contributed by atoms with van der Waals surface area (Å²) < 4.78 is 5.79. The third kappa shape index (κ3) is 3.42. The number of tetrazole rings is 1. The number of carbonyl (C=O) groups excluding carboxylic acids is 1. The highest BCUT2D eigenvalue weighted by atomic mass is 16.5. The number of pyridine rings is 1. The van der Waals surface area contributed by atoms with Gasteiger partial charge in [0.15, 0.2) is 0 Å². The van der Waals surface area contributed by atoms with Crippen LogP contribution in [0.15, 0.2) is 60.7 Å². The van der Waals surface area contributed by atoms with Gasteiger partial charge in [0.1, 0.15) is 6.10 Å². The van der Waals surface area contributed by atoms with E-state index >= 15 is 0 Å². The van der Waals surface area contributed by atoms with Gasteiger partial charge in [-0.25, -0.2) is 4.98 Å². The Hall–Kier alpha value is -3.65. The van der Waals surface area contributed by atoms with Gasteiger partial charge in [-0.2, -0.15) is 4.80 Å². The van der Waals surface area contributed by atoms with Gasteiger partial charge in [-0.3, -0.25) is 4.79 Å². The van der Waals surface area contributed by atoms with Gasteiger partial charge >= 0.3 is 0 Å². The number of hydrogen-bond acceptors (Lipinski definition) is 6. The Labute approximate surface area is 173 Å². The maximum Gasteiger partial charge on any atom is 0.254 e. The highest BCUT2D eigenvalue weighted by Gasteiger charge is 2.30. The van der Waals surface area contributed by atoms with Crippen LogP contribution >= 0.6 is 0 Å². The molecular weight excluding hydrogens is 380 g/mol. The molecule has 8 heteroatoms. The first kappa shape index (κ1) is 18.4. The number of morpholine rings is 1. The molecule has 0 saturated carbocycles. The minimum absolute atomic E-state index is 0.0528. The van der Waals surface area contributed by atoms with Crippen molar-refractivity contribution in [2.75, 3.05) is 19.7 Å². The summed E-state index contributed by atoms with van der Waals surface area (Å²) in [6.07, 6.45) is -0.391. The van der Waals surface area contributed by atoms with Gasteiger partial charge in [0.05, 0.1) is 37.0 Å². The number of rotatable bonds is 3. The Morgan fingerprint density at radius 1 is 1.10 bits per heavy atom. The summed E-state index contributed by atoms with van der Waals surface area (Å²) in [5.74, 6) is 0.433. The minimum atomic E-state index is -0.391. The fourth-order valence-electron chi connectivity index (χ4n) is 3.70. The Balaban J connectivity index is 1.52. The molecule has 0 aliphatic carbocycles. The van der Waals surface area contributed by atoms with Crippen molar-refractivity contribution < 1.29 is 9.53 Å². The number of ether oxygens (including phenoxy) is 1. The number of benzene rings is 2. The topological polar surface area (TPSA) is 86.0 Å². The second kappa shape index (κ2) is 7.64. The molecule has 2 aromatic heterocycles. The summed E-state index contributed by atoms with van der Waals surface area (Å²) in [6, 6.07) is 19.5. The van der Waals surface area contributed by atoms with Crippen molar-refractivity contribution in [2.24, 2.45) is 7.05 Å². The predicted octanol–water partition coefficient (Wildman–Crippen LogP) is 2.64. The fraction of sp³-hybridized carbons (Fsp3) is 0.227. The van der Waals surface area contributed by atoms with Crippen molar-refractivity contribution in [1.29, 1.82) is 0 Å². The van der Waals surface area contributed by atoms with E-state index in [2.05, 4.69) is 15.4 Å². The molecule has 1 amide bonds. The molecule has 1 saturated heterocycles. The zero-order valence-electron chi connectivity index (χ0n) is 16.5. The largest absolute Gasteiger partial charge is 0.366 e. The fourth-order valence-corrected chi connectivity index (χ4v) is 3.70. The van der Waals surface area contributed by atoms with Crippen LogP contribution in [0.25, 0.3) is 22.2 Å². The Morgan fingerprint density at radius 3 is 2.70 bits per heavy atom. The van der Waals surface area contributed by atoms with Crippen molar-refractivity contribution >= 4 is 16.8 Å². The highest BCUT2D eigenvalue weighted by Crippen LogP contribution is 2.27. The summed E-state index contributed by atoms with van der Waals surface area (Å²) in [7, 11) is 1.70. The molecule has 2 aromatic carbocycles. The summed E-state index contributed by atoms with van der Waals surface area (Å²) in [6.45, 7) is 1.30. The van der Waals surface area contributed by atoms with Crippen LogP contribution in [0.4, 0.5) is 0 Å². The van der Waals surface area contributed by atoms with Crippen LogP contribution < -0.4 is 0 Å². The van der Waals surface area contributed by atoms with E-state index in [1.807, 2.05) is 60.7 Å². The molecule has 4 aromatic rings. The molecule has 0 bridgehead atoms. The summed E-state index contributed by atoms with van der Waals surface area (Å²) in [4.78, 5) is 21.5. The van der Waals surface area contributed by atoms with E-state index in [4.69, 9.17) is 9.72 Å². The van der Waals surface area contributed by atoms with E-state index < -0.39 is 6.10 Å². The number of para-hydroxylation sites is 1. The second-order valence-corrected chi connectivity index (χ2v) is 7.19. The van der Waals surface area contributed by atoms with Crippen molar-refractivity contribution in [1.82, 2.24) is 30.1 Å². The van der Waals surface area contributed by atoms with Crippen LogP contribution in [0.1, 0.15) is 22.3 Å². The first-order valence-corrected chi connectivity index (χ1v) is 9.79. The van der Waals surface area contributed by atoms with Crippen molar-refractivity contribution in [3.8, 4) is 11.3 Å². The zero-order valence-corrected chi connectivity index (χ0v) is 16.5. The van der Waals surface area contributed by atoms with Crippen LogP contribution in [0.5, 0.6) is 0 Å². The van der Waals surface area contributed by atoms with Gasteiger partial charge in [-0.1, -0.05) is 48.5 Å². The molecule has 1 fully saturated rings. The zero-order chi connectivity index (χ0) is 20.5. The van der Waals surface area contributed by atoms with E-state index in [-0.39, 0.29) is 5.91 Å². The molecule has 30 heavy (non-hydrogen) atoms. The van der Waals surface area contributed by atoms with Crippen LogP contribution in [-0.4, -0.2) is 55.7 Å². The maximum absolute atomic E-state index is 13.6. The number of nitrogens with zero attached hydrogens (tertiary/aromatic N) is 6. The normalized spacial score (nSPS) is 16.7. The average molecular weight is 400 g/mol. The van der Waals surface area contributed by atoms with E-state index in [0.717, 1.165) is 22.2 Å². The molecule has 1 atom stereocenters. The van der Waals surface area contributed by atoms with Gasteiger partial charge in [-0.15, -0.1) is 10.2 Å². The van der Waals surface area contributed by atoms with Gasteiger partial charge in [-0.05, 0) is 17.3 Å². The standard InChI is InChI=1S/C22H20N6O2/c1-27-25-21(24-26-27)20-14-28(11-12-30-20)22(29)17-13-19(15-7-3-2-4-8-15)23-18-10-6-5-9-16(17)18/h2-10,13,20H,11-12,14H2,1H3. The molecule has 5 rings (SSSR count). The lowest BCUT2D eigenvalue weighted by molar-refractivity contribution is -0.0268. The SMILES string of the molecule is Cn1nnc(C2CN(C(=O)c3cc(-c4ccccc4)nc4ccccc34)CCO2)n1. The number of aromatic nitrogens is 5. The summed E-state index contributed by atoms with van der Waals surface area (Å²) in [5, 5.41) is 13.0. The second-order valence-electron chi connectivity index (χ2n) is 7.19. The van der Waals surface area contributed by atoms with Crippen LogP contribution in [0.2, 0.25) is 0 Å². The van der Waals surface area contributed by atoms with Crippen molar-refractivity contribution in [3.05, 3.63) is 72.1 Å². The smallest absolute Gasteiger partial charge is 0.254 e. The van der Waals surface area contributed by atoms with E-state index in [0.29, 0.717) is 31.1 Å². The molecule has 3 heterocycles.